The molecule has 9 aromatic carbocycles. The number of aryl methyl sites for hydroxylation is 7. The highest BCUT2D eigenvalue weighted by molar-refractivity contribution is 6.12. The second kappa shape index (κ2) is 15.6. The second-order valence-electron chi connectivity index (χ2n) is 19.0. The van der Waals surface area contributed by atoms with Crippen LogP contribution >= 0.6 is 0 Å². The molecular formula is C64H52N2O. The molecular weight excluding hydrogens is 813 g/mol. The largest absolute Gasteiger partial charge is 0.457 e. The molecule has 2 heterocycles. The van der Waals surface area contributed by atoms with Crippen LogP contribution in [0.15, 0.2) is 176 Å². The number of para-hydroxylation sites is 1. The van der Waals surface area contributed by atoms with Gasteiger partial charge in [0, 0.05) is 32.9 Å². The van der Waals surface area contributed by atoms with Crippen LogP contribution in [0.1, 0.15) is 50.9 Å². The Kier molecular flexibility index (Phi) is 9.48. The van der Waals surface area contributed by atoms with Crippen molar-refractivity contribution in [2.24, 2.45) is 0 Å². The van der Waals surface area contributed by atoms with Crippen molar-refractivity contribution in [3.63, 3.8) is 0 Å². The van der Waals surface area contributed by atoms with Gasteiger partial charge in [0.25, 0.3) is 0 Å². The molecule has 0 saturated carbocycles. The first-order valence-electron chi connectivity index (χ1n) is 23.5. The Morgan fingerprint density at radius 3 is 1.33 bits per heavy atom. The van der Waals surface area contributed by atoms with E-state index in [-0.39, 0.29) is 0 Å². The van der Waals surface area contributed by atoms with Gasteiger partial charge in [-0.15, -0.1) is 0 Å². The van der Waals surface area contributed by atoms with Crippen molar-refractivity contribution in [1.29, 1.82) is 0 Å². The number of benzene rings is 9. The molecule has 1 aliphatic carbocycles. The summed E-state index contributed by atoms with van der Waals surface area (Å²) in [6, 6.07) is 62.8. The molecule has 0 amide bonds. The lowest BCUT2D eigenvalue weighted by molar-refractivity contribution is 0.484. The van der Waals surface area contributed by atoms with E-state index in [9.17, 15) is 0 Å². The average molecular weight is 865 g/mol. The lowest BCUT2D eigenvalue weighted by Crippen LogP contribution is -1.97. The van der Waals surface area contributed by atoms with Crippen molar-refractivity contribution < 1.29 is 4.74 Å². The van der Waals surface area contributed by atoms with Gasteiger partial charge in [0.15, 0.2) is 0 Å². The van der Waals surface area contributed by atoms with Crippen LogP contribution in [0.5, 0.6) is 11.5 Å². The highest BCUT2D eigenvalue weighted by Gasteiger charge is 2.22. The average Bonchev–Trinajstić information content (AvgIpc) is 4.04. The Hall–Kier alpha value is -7.88. The minimum absolute atomic E-state index is 0.800. The van der Waals surface area contributed by atoms with E-state index in [4.69, 9.17) is 4.74 Å². The van der Waals surface area contributed by atoms with Crippen molar-refractivity contribution in [2.45, 2.75) is 54.9 Å². The number of hydrogen-bond donors (Lipinski definition) is 0. The zero-order chi connectivity index (χ0) is 45.7. The predicted molar refractivity (Wildman–Crippen MR) is 284 cm³/mol. The van der Waals surface area contributed by atoms with Crippen molar-refractivity contribution >= 4 is 49.2 Å². The molecule has 67 heavy (non-hydrogen) atoms. The van der Waals surface area contributed by atoms with Crippen molar-refractivity contribution in [2.75, 3.05) is 0 Å². The summed E-state index contributed by atoms with van der Waals surface area (Å²) < 4.78 is 11.8. The van der Waals surface area contributed by atoms with E-state index < -0.39 is 0 Å². The fraction of sp³-hybridized carbons (Fsp3) is 0.125. The van der Waals surface area contributed by atoms with Gasteiger partial charge in [-0.05, 0) is 212 Å². The van der Waals surface area contributed by atoms with E-state index in [0.29, 0.717) is 0 Å². The van der Waals surface area contributed by atoms with Gasteiger partial charge in [0.2, 0.25) is 0 Å². The molecule has 3 nitrogen and oxygen atoms in total. The van der Waals surface area contributed by atoms with Gasteiger partial charge >= 0.3 is 0 Å². The summed E-state index contributed by atoms with van der Waals surface area (Å²) in [5, 5.41) is 4.70. The van der Waals surface area contributed by atoms with Crippen LogP contribution < -0.4 is 4.74 Å². The smallest absolute Gasteiger partial charge is 0.128 e. The Morgan fingerprint density at radius 2 is 0.821 bits per heavy atom. The molecule has 0 atom stereocenters. The molecule has 0 fully saturated rings. The standard InChI is InChI=1S/C64H52N2O/c1-38-29-41(4)63(42(5)30-38)46-19-25-59-55(33-46)57-36-50(22-27-61(57)65(59)48-14-9-8-10-15-48)67-51-23-28-62-58(37-51)56-34-47(64-43(6)31-39(2)32-44(64)7)20-26-60(56)66(62)49-21-24-53(45-17-18-45)54(35-49)52-16-12-11-13-40(52)3/h8-17,19-37H,18H2,1-7H3. The number of hydrogen-bond acceptors (Lipinski definition) is 1. The fourth-order valence-corrected chi connectivity index (χ4v) is 11.3. The van der Waals surface area contributed by atoms with Gasteiger partial charge in [-0.25, -0.2) is 0 Å². The van der Waals surface area contributed by atoms with Gasteiger partial charge < -0.3 is 13.9 Å². The monoisotopic (exact) mass is 864 g/mol. The molecule has 3 heteroatoms. The predicted octanol–water partition coefficient (Wildman–Crippen LogP) is 17.6. The number of aromatic nitrogens is 2. The Labute approximate surface area is 392 Å². The van der Waals surface area contributed by atoms with Gasteiger partial charge in [-0.2, -0.15) is 0 Å². The third-order valence-electron chi connectivity index (χ3n) is 14.1. The molecule has 0 saturated heterocycles. The Balaban J connectivity index is 1.03. The van der Waals surface area contributed by atoms with E-state index in [1.54, 1.807) is 0 Å². The van der Waals surface area contributed by atoms with Crippen LogP contribution in [0.25, 0.3) is 93.9 Å². The van der Waals surface area contributed by atoms with Crippen LogP contribution in [0.3, 0.4) is 0 Å². The SMILES string of the molecule is Cc1cc(C)c(-c2ccc3c(c2)c2cc(Oc4ccc5c(c4)c4cc(-c6c(C)cc(C)cc6C)ccc4n5-c4ccc(C5=CC5)c(-c5ccccc5C)c4)ccc2n3-c2ccccc2)c(C)c1. The highest BCUT2D eigenvalue weighted by Crippen LogP contribution is 2.44. The zero-order valence-electron chi connectivity index (χ0n) is 39.3. The zero-order valence-corrected chi connectivity index (χ0v) is 39.3. The summed E-state index contributed by atoms with van der Waals surface area (Å²) in [5.74, 6) is 1.60. The molecule has 0 bridgehead atoms. The van der Waals surface area contributed by atoms with E-state index >= 15 is 0 Å². The van der Waals surface area contributed by atoms with Crippen molar-refractivity contribution in [1.82, 2.24) is 9.13 Å². The normalized spacial score (nSPS) is 12.4. The lowest BCUT2D eigenvalue weighted by atomic mass is 9.93. The lowest BCUT2D eigenvalue weighted by Gasteiger charge is -2.15. The van der Waals surface area contributed by atoms with Crippen LogP contribution in [-0.2, 0) is 0 Å². The quantitative estimate of drug-likeness (QED) is 0.149. The number of allylic oxidation sites excluding steroid dienone is 2. The minimum atomic E-state index is 0.800. The minimum Gasteiger partial charge on any atom is -0.457 e. The van der Waals surface area contributed by atoms with E-state index in [1.807, 2.05) is 0 Å². The molecule has 11 aromatic rings. The third-order valence-corrected chi connectivity index (χ3v) is 14.1. The molecule has 2 aromatic heterocycles. The maximum atomic E-state index is 6.97. The highest BCUT2D eigenvalue weighted by atomic mass is 16.5. The van der Waals surface area contributed by atoms with Crippen LogP contribution in [0, 0.1) is 48.5 Å². The molecule has 1 aliphatic rings. The van der Waals surface area contributed by atoms with Crippen molar-refractivity contribution in [3.8, 4) is 56.3 Å². The van der Waals surface area contributed by atoms with Gasteiger partial charge in [-0.1, -0.05) is 102 Å². The third kappa shape index (κ3) is 6.88. The number of rotatable bonds is 8. The number of fused-ring (bicyclic) bond motifs is 6. The van der Waals surface area contributed by atoms with Crippen LogP contribution in [0.4, 0.5) is 0 Å². The summed E-state index contributed by atoms with van der Waals surface area (Å²) in [7, 11) is 0. The van der Waals surface area contributed by atoms with E-state index in [0.717, 1.165) is 56.6 Å². The summed E-state index contributed by atoms with van der Waals surface area (Å²) >= 11 is 0. The molecule has 0 N–H and O–H groups in total. The maximum Gasteiger partial charge on any atom is 0.128 e. The van der Waals surface area contributed by atoms with Gasteiger partial charge in [0.1, 0.15) is 11.5 Å². The van der Waals surface area contributed by atoms with Gasteiger partial charge in [0.05, 0.1) is 22.1 Å². The molecule has 0 aliphatic heterocycles. The summed E-state index contributed by atoms with van der Waals surface area (Å²) in [4.78, 5) is 0. The topological polar surface area (TPSA) is 19.1 Å². The summed E-state index contributed by atoms with van der Waals surface area (Å²) in [6.07, 6.45) is 3.38. The van der Waals surface area contributed by atoms with Crippen LogP contribution in [0.2, 0.25) is 0 Å². The molecule has 12 rings (SSSR count). The Bertz CT molecular complexity index is 3830. The van der Waals surface area contributed by atoms with Crippen LogP contribution in [-0.4, -0.2) is 9.13 Å². The molecule has 324 valence electrons. The van der Waals surface area contributed by atoms with Gasteiger partial charge in [-0.3, -0.25) is 0 Å². The Morgan fingerprint density at radius 1 is 0.358 bits per heavy atom. The summed E-state index contributed by atoms with van der Waals surface area (Å²) in [5.41, 5.74) is 26.2. The molecule has 0 radical (unpaired) electrons. The molecule has 0 spiro atoms. The number of ether oxygens (including phenoxy) is 1. The summed E-state index contributed by atoms with van der Waals surface area (Å²) in [6.45, 7) is 15.5. The van der Waals surface area contributed by atoms with Crippen molar-refractivity contribution in [3.05, 3.63) is 220 Å². The maximum absolute atomic E-state index is 6.97. The first-order valence-corrected chi connectivity index (χ1v) is 23.5. The molecule has 0 unspecified atom stereocenters. The first kappa shape index (κ1) is 40.6. The van der Waals surface area contributed by atoms with E-state index in [2.05, 4.69) is 234 Å². The van der Waals surface area contributed by atoms with E-state index in [1.165, 1.54) is 99.8 Å². The number of nitrogens with zero attached hydrogens (tertiary/aromatic N) is 2. The fourth-order valence-electron chi connectivity index (χ4n) is 11.3. The first-order chi connectivity index (χ1) is 32.6. The second-order valence-corrected chi connectivity index (χ2v) is 19.0.